The molecule has 2 rings (SSSR count). The summed E-state index contributed by atoms with van der Waals surface area (Å²) in [6, 6.07) is 18.6. The summed E-state index contributed by atoms with van der Waals surface area (Å²) < 4.78 is 0. The quantitative estimate of drug-likeness (QED) is 0.909. The highest BCUT2D eigenvalue weighted by atomic mass is 16.1. The van der Waals surface area contributed by atoms with Crippen LogP contribution in [0.1, 0.15) is 17.0 Å². The van der Waals surface area contributed by atoms with Crippen molar-refractivity contribution in [2.24, 2.45) is 0 Å². The Morgan fingerprint density at radius 3 is 2.37 bits per heavy atom. The van der Waals surface area contributed by atoms with Gasteiger partial charge in [0, 0.05) is 5.69 Å². The predicted octanol–water partition coefficient (Wildman–Crippen LogP) is 3.24. The van der Waals surface area contributed by atoms with Crippen LogP contribution in [-0.4, -0.2) is 5.91 Å². The lowest BCUT2D eigenvalue weighted by molar-refractivity contribution is -0.116. The molecule has 0 aliphatic carbocycles. The van der Waals surface area contributed by atoms with Crippen LogP contribution in [0.15, 0.2) is 54.6 Å². The number of rotatable bonds is 3. The summed E-state index contributed by atoms with van der Waals surface area (Å²) in [5, 5.41) is 12.0. The van der Waals surface area contributed by atoms with E-state index in [2.05, 4.69) is 5.32 Å². The third-order valence-corrected chi connectivity index (χ3v) is 2.93. The standard InChI is InChI=1S/C16H14N2O/c1-12-7-5-6-10-15(12)18-16(19)14(11-17)13-8-3-2-4-9-13/h2-10,14H,1H3,(H,18,19). The Kier molecular flexibility index (Phi) is 3.94. The van der Waals surface area contributed by atoms with Gasteiger partial charge < -0.3 is 5.32 Å². The number of aryl methyl sites for hydroxylation is 1. The summed E-state index contributed by atoms with van der Waals surface area (Å²) in [6.45, 7) is 1.92. The third-order valence-electron chi connectivity index (χ3n) is 2.93. The van der Waals surface area contributed by atoms with E-state index in [1.54, 1.807) is 12.1 Å². The molecular weight excluding hydrogens is 236 g/mol. The Bertz CT molecular complexity index is 614. The van der Waals surface area contributed by atoms with Crippen molar-refractivity contribution in [3.63, 3.8) is 0 Å². The molecule has 3 nitrogen and oxygen atoms in total. The maximum atomic E-state index is 12.2. The van der Waals surface area contributed by atoms with E-state index in [1.165, 1.54) is 0 Å². The number of hydrogen-bond acceptors (Lipinski definition) is 2. The first-order valence-electron chi connectivity index (χ1n) is 6.03. The van der Waals surface area contributed by atoms with Gasteiger partial charge in [0.1, 0.15) is 0 Å². The number of anilines is 1. The molecule has 2 aromatic rings. The highest BCUT2D eigenvalue weighted by Gasteiger charge is 2.20. The zero-order valence-electron chi connectivity index (χ0n) is 10.6. The van der Waals surface area contributed by atoms with Gasteiger partial charge in [-0.25, -0.2) is 0 Å². The van der Waals surface area contributed by atoms with Gasteiger partial charge in [-0.1, -0.05) is 48.5 Å². The Morgan fingerprint density at radius 1 is 1.11 bits per heavy atom. The van der Waals surface area contributed by atoms with Crippen LogP contribution >= 0.6 is 0 Å². The summed E-state index contributed by atoms with van der Waals surface area (Å²) in [5.74, 6) is -1.09. The van der Waals surface area contributed by atoms with E-state index in [1.807, 2.05) is 55.5 Å². The van der Waals surface area contributed by atoms with Crippen LogP contribution in [-0.2, 0) is 4.79 Å². The van der Waals surface area contributed by atoms with Crippen LogP contribution < -0.4 is 5.32 Å². The fourth-order valence-corrected chi connectivity index (χ4v) is 1.85. The molecule has 1 N–H and O–H groups in total. The fourth-order valence-electron chi connectivity index (χ4n) is 1.85. The Balaban J connectivity index is 2.20. The number of nitrogens with zero attached hydrogens (tertiary/aromatic N) is 1. The summed E-state index contributed by atoms with van der Waals surface area (Å²) in [5.41, 5.74) is 2.42. The first-order chi connectivity index (χ1) is 9.22. The van der Waals surface area contributed by atoms with Crippen molar-refractivity contribution in [2.75, 3.05) is 5.32 Å². The lowest BCUT2D eigenvalue weighted by atomic mass is 9.99. The van der Waals surface area contributed by atoms with E-state index in [4.69, 9.17) is 0 Å². The van der Waals surface area contributed by atoms with Gasteiger partial charge in [-0.05, 0) is 24.1 Å². The van der Waals surface area contributed by atoms with E-state index in [9.17, 15) is 10.1 Å². The van der Waals surface area contributed by atoms with Gasteiger partial charge in [0.15, 0.2) is 5.92 Å². The minimum atomic E-state index is -0.791. The van der Waals surface area contributed by atoms with E-state index in [-0.39, 0.29) is 5.91 Å². The molecule has 0 aromatic heterocycles. The molecule has 0 heterocycles. The van der Waals surface area contributed by atoms with Crippen LogP contribution in [0.25, 0.3) is 0 Å². The molecule has 0 fully saturated rings. The fraction of sp³-hybridized carbons (Fsp3) is 0.125. The van der Waals surface area contributed by atoms with Crippen LogP contribution in [0, 0.1) is 18.3 Å². The largest absolute Gasteiger partial charge is 0.324 e. The molecule has 2 aromatic carbocycles. The van der Waals surface area contributed by atoms with Crippen LogP contribution in [0.4, 0.5) is 5.69 Å². The van der Waals surface area contributed by atoms with Gasteiger partial charge in [0.2, 0.25) is 5.91 Å². The summed E-state index contributed by atoms with van der Waals surface area (Å²) in [7, 11) is 0. The minimum absolute atomic E-state index is 0.303. The maximum Gasteiger partial charge on any atom is 0.246 e. The van der Waals surface area contributed by atoms with Gasteiger partial charge in [-0.15, -0.1) is 0 Å². The lowest BCUT2D eigenvalue weighted by Gasteiger charge is -2.12. The van der Waals surface area contributed by atoms with Gasteiger partial charge in [0.05, 0.1) is 6.07 Å². The number of benzene rings is 2. The second-order valence-corrected chi connectivity index (χ2v) is 4.28. The summed E-state index contributed by atoms with van der Waals surface area (Å²) >= 11 is 0. The van der Waals surface area contributed by atoms with Crippen LogP contribution in [0.5, 0.6) is 0 Å². The number of para-hydroxylation sites is 1. The smallest absolute Gasteiger partial charge is 0.246 e. The Hall–Kier alpha value is -2.60. The zero-order valence-corrected chi connectivity index (χ0v) is 10.6. The third kappa shape index (κ3) is 2.99. The number of carbonyl (C=O) groups is 1. The van der Waals surface area contributed by atoms with Gasteiger partial charge in [0.25, 0.3) is 0 Å². The van der Waals surface area contributed by atoms with Crippen LogP contribution in [0.3, 0.4) is 0 Å². The zero-order chi connectivity index (χ0) is 13.7. The van der Waals surface area contributed by atoms with E-state index < -0.39 is 5.92 Å². The molecule has 1 unspecified atom stereocenters. The topological polar surface area (TPSA) is 52.9 Å². The molecule has 0 spiro atoms. The molecule has 0 saturated carbocycles. The SMILES string of the molecule is Cc1ccccc1NC(=O)C(C#N)c1ccccc1. The normalized spacial score (nSPS) is 11.4. The molecule has 0 aliphatic rings. The van der Waals surface area contributed by atoms with E-state index in [0.29, 0.717) is 5.56 Å². The first kappa shape index (κ1) is 12.8. The first-order valence-corrected chi connectivity index (χ1v) is 6.03. The van der Waals surface area contributed by atoms with Gasteiger partial charge in [-0.3, -0.25) is 4.79 Å². The van der Waals surface area contributed by atoms with Crippen molar-refractivity contribution >= 4 is 11.6 Å². The van der Waals surface area contributed by atoms with E-state index in [0.717, 1.165) is 11.3 Å². The Morgan fingerprint density at radius 2 is 1.74 bits per heavy atom. The molecule has 19 heavy (non-hydrogen) atoms. The van der Waals surface area contributed by atoms with E-state index >= 15 is 0 Å². The number of nitriles is 1. The second kappa shape index (κ2) is 5.83. The molecule has 0 aliphatic heterocycles. The number of amides is 1. The molecule has 3 heteroatoms. The highest BCUT2D eigenvalue weighted by molar-refractivity contribution is 5.98. The average molecular weight is 250 g/mol. The second-order valence-electron chi connectivity index (χ2n) is 4.28. The van der Waals surface area contributed by atoms with Crippen molar-refractivity contribution in [1.82, 2.24) is 0 Å². The lowest BCUT2D eigenvalue weighted by Crippen LogP contribution is -2.20. The summed E-state index contributed by atoms with van der Waals surface area (Å²) in [6.07, 6.45) is 0. The minimum Gasteiger partial charge on any atom is -0.324 e. The average Bonchev–Trinajstić information content (AvgIpc) is 2.43. The number of carbonyl (C=O) groups excluding carboxylic acids is 1. The van der Waals surface area contributed by atoms with Crippen molar-refractivity contribution in [3.05, 3.63) is 65.7 Å². The van der Waals surface area contributed by atoms with Crippen molar-refractivity contribution in [3.8, 4) is 6.07 Å². The van der Waals surface area contributed by atoms with Crippen LogP contribution in [0.2, 0.25) is 0 Å². The molecule has 94 valence electrons. The number of hydrogen-bond donors (Lipinski definition) is 1. The highest BCUT2D eigenvalue weighted by Crippen LogP contribution is 2.19. The molecule has 0 bridgehead atoms. The molecule has 1 amide bonds. The Labute approximate surface area is 112 Å². The van der Waals surface area contributed by atoms with Gasteiger partial charge >= 0.3 is 0 Å². The van der Waals surface area contributed by atoms with Gasteiger partial charge in [-0.2, -0.15) is 5.26 Å². The number of nitrogens with one attached hydrogen (secondary N) is 1. The molecule has 0 saturated heterocycles. The molecule has 1 atom stereocenters. The van der Waals surface area contributed by atoms with Crippen molar-refractivity contribution < 1.29 is 4.79 Å². The van der Waals surface area contributed by atoms with Crippen molar-refractivity contribution in [2.45, 2.75) is 12.8 Å². The molecular formula is C16H14N2O. The van der Waals surface area contributed by atoms with Crippen molar-refractivity contribution in [1.29, 1.82) is 5.26 Å². The molecule has 0 radical (unpaired) electrons. The summed E-state index contributed by atoms with van der Waals surface area (Å²) in [4.78, 5) is 12.2. The monoisotopic (exact) mass is 250 g/mol. The predicted molar refractivity (Wildman–Crippen MR) is 74.6 cm³/mol. The maximum absolute atomic E-state index is 12.2.